The molecule has 0 amide bonds. The van der Waals surface area contributed by atoms with Gasteiger partial charge in [-0.15, -0.1) is 0 Å². The third-order valence-corrected chi connectivity index (χ3v) is 6.68. The van der Waals surface area contributed by atoms with Gasteiger partial charge in [0.15, 0.2) is 0 Å². The van der Waals surface area contributed by atoms with Crippen LogP contribution in [-0.4, -0.2) is 64.4 Å². The number of hydrogen-bond donors (Lipinski definition) is 5. The molecule has 1 aromatic carbocycles. The number of carboxylic acid groups (broad SMARTS) is 1. The highest BCUT2D eigenvalue weighted by molar-refractivity contribution is 6.40. The number of nitrogens with zero attached hydrogens (tertiary/aromatic N) is 1. The van der Waals surface area contributed by atoms with Gasteiger partial charge >= 0.3 is 13.1 Å². The second-order valence-electron chi connectivity index (χ2n) is 8.87. The molecule has 2 rings (SSSR count). The number of aryl methyl sites for hydroxylation is 1. The predicted molar refractivity (Wildman–Crippen MR) is 125 cm³/mol. The van der Waals surface area contributed by atoms with Crippen LogP contribution in [-0.2, 0) is 11.3 Å². The number of benzene rings is 1. The average Bonchev–Trinajstić information content (AvgIpc) is 2.73. The summed E-state index contributed by atoms with van der Waals surface area (Å²) in [6, 6.07) is 6.65. The summed E-state index contributed by atoms with van der Waals surface area (Å²) in [5.41, 5.74) is 7.19. The lowest BCUT2D eigenvalue weighted by Crippen LogP contribution is -2.49. The van der Waals surface area contributed by atoms with Gasteiger partial charge in [-0.1, -0.05) is 36.6 Å². The van der Waals surface area contributed by atoms with Gasteiger partial charge < -0.3 is 31.1 Å². The van der Waals surface area contributed by atoms with Crippen LogP contribution in [0.3, 0.4) is 0 Å². The van der Waals surface area contributed by atoms with Crippen molar-refractivity contribution >= 4 is 24.7 Å². The molecule has 0 aliphatic carbocycles. The van der Waals surface area contributed by atoms with E-state index in [4.69, 9.17) is 27.4 Å². The summed E-state index contributed by atoms with van der Waals surface area (Å²) in [4.78, 5) is 14.0. The van der Waals surface area contributed by atoms with Gasteiger partial charge in [-0.25, -0.2) is 0 Å². The van der Waals surface area contributed by atoms with Crippen LogP contribution in [0.5, 0.6) is 0 Å². The molecule has 1 aliphatic rings. The zero-order chi connectivity index (χ0) is 22.9. The van der Waals surface area contributed by atoms with Gasteiger partial charge in [0.2, 0.25) is 0 Å². The summed E-state index contributed by atoms with van der Waals surface area (Å²) in [6.45, 7) is 5.65. The molecule has 174 valence electrons. The molecule has 6 N–H and O–H groups in total. The molecule has 0 spiro atoms. The van der Waals surface area contributed by atoms with Gasteiger partial charge in [0.25, 0.3) is 0 Å². The number of carboxylic acids is 1. The molecular formula is C22H37BClN3O4. The Morgan fingerprint density at radius 3 is 2.55 bits per heavy atom. The Kier molecular flexibility index (Phi) is 10.8. The van der Waals surface area contributed by atoms with Gasteiger partial charge in [-0.05, 0) is 82.2 Å². The lowest BCUT2D eigenvalue weighted by molar-refractivity contribution is -0.144. The van der Waals surface area contributed by atoms with Crippen LogP contribution in [0.15, 0.2) is 18.2 Å². The number of piperidine rings is 1. The number of unbranched alkanes of at least 4 members (excludes halogenated alkanes) is 1. The zero-order valence-electron chi connectivity index (χ0n) is 18.5. The van der Waals surface area contributed by atoms with E-state index in [2.05, 4.69) is 16.3 Å². The second-order valence-corrected chi connectivity index (χ2v) is 9.28. The first-order valence-electron chi connectivity index (χ1n) is 11.3. The smallest absolute Gasteiger partial charge is 0.451 e. The minimum atomic E-state index is -1.34. The minimum Gasteiger partial charge on any atom is -0.480 e. The summed E-state index contributed by atoms with van der Waals surface area (Å²) in [5.74, 6) is -0.976. The molecule has 0 bridgehead atoms. The fourth-order valence-electron chi connectivity index (χ4n) is 4.09. The van der Waals surface area contributed by atoms with Gasteiger partial charge in [-0.3, -0.25) is 4.79 Å². The molecule has 31 heavy (non-hydrogen) atoms. The normalized spacial score (nSPS) is 17.5. The SMILES string of the molecule is Cc1ccc(CNC2CCN(CCCC(N)(CCCCB(O)O)C(=O)O)CC2)cc1Cl. The molecule has 1 saturated heterocycles. The Labute approximate surface area is 191 Å². The van der Waals surface area contributed by atoms with Crippen molar-refractivity contribution in [1.82, 2.24) is 10.2 Å². The first kappa shape index (κ1) is 26.1. The van der Waals surface area contributed by atoms with E-state index in [1.807, 2.05) is 19.1 Å². The summed E-state index contributed by atoms with van der Waals surface area (Å²) in [6.07, 6.45) is 5.02. The standard InChI is InChI=1S/C22H37BClN3O4/c1-17-5-6-18(15-20(17)24)16-26-19-7-13-27(14-8-19)12-4-10-22(25,21(28)29)9-2-3-11-23(30)31/h5-6,15,19,26,30-31H,2-4,7-14,16,25H2,1H3,(H,28,29). The quantitative estimate of drug-likeness (QED) is 0.230. The molecule has 1 aromatic rings. The van der Waals surface area contributed by atoms with Crippen molar-refractivity contribution in [3.8, 4) is 0 Å². The second kappa shape index (κ2) is 12.8. The van der Waals surface area contributed by atoms with Gasteiger partial charge in [0.05, 0.1) is 0 Å². The maximum absolute atomic E-state index is 11.6. The van der Waals surface area contributed by atoms with Crippen molar-refractivity contribution < 1.29 is 19.9 Å². The summed E-state index contributed by atoms with van der Waals surface area (Å²) < 4.78 is 0. The lowest BCUT2D eigenvalue weighted by Gasteiger charge is -2.33. The molecule has 1 heterocycles. The van der Waals surface area contributed by atoms with Gasteiger partial charge in [0, 0.05) is 17.6 Å². The number of nitrogens with two attached hydrogens (primary N) is 1. The Bertz CT molecular complexity index is 701. The van der Waals surface area contributed by atoms with Crippen molar-refractivity contribution in [3.05, 3.63) is 34.3 Å². The van der Waals surface area contributed by atoms with E-state index in [1.165, 1.54) is 5.56 Å². The van der Waals surface area contributed by atoms with E-state index in [-0.39, 0.29) is 6.32 Å². The Morgan fingerprint density at radius 1 is 1.26 bits per heavy atom. The lowest BCUT2D eigenvalue weighted by atomic mass is 9.81. The highest BCUT2D eigenvalue weighted by Gasteiger charge is 2.33. The molecule has 1 fully saturated rings. The third-order valence-electron chi connectivity index (χ3n) is 6.28. The van der Waals surface area contributed by atoms with Crippen LogP contribution in [0.2, 0.25) is 11.3 Å². The minimum absolute atomic E-state index is 0.246. The number of likely N-dealkylation sites (tertiary alicyclic amines) is 1. The van der Waals surface area contributed by atoms with Crippen LogP contribution in [0, 0.1) is 6.92 Å². The van der Waals surface area contributed by atoms with Crippen molar-refractivity contribution in [2.75, 3.05) is 19.6 Å². The van der Waals surface area contributed by atoms with Crippen molar-refractivity contribution in [1.29, 1.82) is 0 Å². The summed E-state index contributed by atoms with van der Waals surface area (Å²) in [7, 11) is -1.34. The van der Waals surface area contributed by atoms with Gasteiger partial charge in [-0.2, -0.15) is 0 Å². The number of hydrogen-bond acceptors (Lipinski definition) is 6. The Morgan fingerprint density at radius 2 is 1.94 bits per heavy atom. The average molecular weight is 454 g/mol. The molecule has 0 saturated carbocycles. The van der Waals surface area contributed by atoms with E-state index in [0.717, 1.165) is 56.0 Å². The maximum Gasteiger partial charge on any atom is 0.451 e. The summed E-state index contributed by atoms with van der Waals surface area (Å²) in [5, 5.41) is 31.8. The zero-order valence-corrected chi connectivity index (χ0v) is 19.3. The van der Waals surface area contributed by atoms with Crippen LogP contribution < -0.4 is 11.1 Å². The summed E-state index contributed by atoms with van der Waals surface area (Å²) >= 11 is 6.20. The molecule has 1 unspecified atom stereocenters. The number of rotatable bonds is 13. The van der Waals surface area contributed by atoms with E-state index in [1.54, 1.807) is 0 Å². The van der Waals surface area contributed by atoms with Crippen LogP contribution >= 0.6 is 11.6 Å². The molecule has 7 nitrogen and oxygen atoms in total. The maximum atomic E-state index is 11.6. The van der Waals surface area contributed by atoms with Crippen molar-refractivity contribution in [2.45, 2.75) is 76.3 Å². The molecule has 1 aliphatic heterocycles. The Balaban J connectivity index is 1.66. The fraction of sp³-hybridized carbons (Fsp3) is 0.682. The molecule has 0 aromatic heterocycles. The number of aliphatic carboxylic acids is 1. The fourth-order valence-corrected chi connectivity index (χ4v) is 4.30. The molecule has 0 radical (unpaired) electrons. The van der Waals surface area contributed by atoms with Crippen LogP contribution in [0.25, 0.3) is 0 Å². The van der Waals surface area contributed by atoms with Crippen LogP contribution in [0.1, 0.15) is 56.1 Å². The number of nitrogens with one attached hydrogen (secondary N) is 1. The van der Waals surface area contributed by atoms with E-state index < -0.39 is 18.6 Å². The van der Waals surface area contributed by atoms with Crippen molar-refractivity contribution in [3.63, 3.8) is 0 Å². The monoisotopic (exact) mass is 453 g/mol. The number of halogens is 1. The predicted octanol–water partition coefficient (Wildman–Crippen LogP) is 2.41. The van der Waals surface area contributed by atoms with Crippen molar-refractivity contribution in [2.24, 2.45) is 5.73 Å². The first-order valence-corrected chi connectivity index (χ1v) is 11.7. The molecule has 9 heteroatoms. The topological polar surface area (TPSA) is 119 Å². The molecular weight excluding hydrogens is 417 g/mol. The first-order chi connectivity index (χ1) is 14.7. The highest BCUT2D eigenvalue weighted by atomic mass is 35.5. The van der Waals surface area contributed by atoms with E-state index in [9.17, 15) is 9.90 Å². The van der Waals surface area contributed by atoms with Gasteiger partial charge in [0.1, 0.15) is 5.54 Å². The third kappa shape index (κ3) is 9.08. The molecule has 1 atom stereocenters. The highest BCUT2D eigenvalue weighted by Crippen LogP contribution is 2.21. The van der Waals surface area contributed by atoms with E-state index in [0.29, 0.717) is 31.7 Å². The Hall–Kier alpha value is -1.16. The van der Waals surface area contributed by atoms with Crippen LogP contribution in [0.4, 0.5) is 0 Å². The number of carbonyl (C=O) groups is 1. The largest absolute Gasteiger partial charge is 0.480 e. The van der Waals surface area contributed by atoms with E-state index >= 15 is 0 Å².